The average Bonchev–Trinajstić information content (AvgIpc) is 3.05. The minimum absolute atomic E-state index is 0.181. The second kappa shape index (κ2) is 5.38. The van der Waals surface area contributed by atoms with Crippen LogP contribution in [0.5, 0.6) is 0 Å². The molecule has 2 N–H and O–H groups in total. The van der Waals surface area contributed by atoms with Crippen LogP contribution in [0, 0.1) is 0 Å². The Balaban J connectivity index is 2.30. The van der Waals surface area contributed by atoms with Crippen molar-refractivity contribution in [2.24, 2.45) is 0 Å². The number of rotatable bonds is 7. The lowest BCUT2D eigenvalue weighted by Gasteiger charge is -2.20. The van der Waals surface area contributed by atoms with Crippen LogP contribution in [0.25, 0.3) is 0 Å². The molecule has 6 nitrogen and oxygen atoms in total. The van der Waals surface area contributed by atoms with E-state index in [0.717, 1.165) is 19.3 Å². The van der Waals surface area contributed by atoms with Gasteiger partial charge in [-0.3, -0.25) is 5.10 Å². The third kappa shape index (κ3) is 2.57. The molecule has 1 heterocycles. The minimum atomic E-state index is -3.43. The molecule has 1 aliphatic carbocycles. The first kappa shape index (κ1) is 13.5. The Morgan fingerprint density at radius 1 is 1.56 bits per heavy atom. The molecular formula is C11H20N4O2S. The van der Waals surface area contributed by atoms with E-state index in [1.807, 2.05) is 6.92 Å². The molecule has 7 heteroatoms. The monoisotopic (exact) mass is 272 g/mol. The summed E-state index contributed by atoms with van der Waals surface area (Å²) in [7, 11) is -1.65. The predicted octanol–water partition coefficient (Wildman–Crippen LogP) is 0.692. The number of hydrogen-bond donors (Lipinski definition) is 2. The summed E-state index contributed by atoms with van der Waals surface area (Å²) in [6, 6.07) is 0.181. The van der Waals surface area contributed by atoms with E-state index in [1.165, 1.54) is 0 Å². The van der Waals surface area contributed by atoms with Crippen LogP contribution in [0.15, 0.2) is 11.2 Å². The zero-order chi connectivity index (χ0) is 13.2. The first-order chi connectivity index (χ1) is 8.61. The molecule has 0 unspecified atom stereocenters. The number of aromatic nitrogens is 2. The van der Waals surface area contributed by atoms with E-state index in [0.29, 0.717) is 18.7 Å². The van der Waals surface area contributed by atoms with E-state index in [1.54, 1.807) is 17.5 Å². The lowest BCUT2D eigenvalue weighted by molar-refractivity contribution is 0.400. The van der Waals surface area contributed by atoms with Gasteiger partial charge in [0.1, 0.15) is 0 Å². The summed E-state index contributed by atoms with van der Waals surface area (Å²) in [6.45, 7) is 3.06. The number of sulfonamides is 1. The Hall–Kier alpha value is -0.920. The van der Waals surface area contributed by atoms with Gasteiger partial charge >= 0.3 is 0 Å². The van der Waals surface area contributed by atoms with Crippen LogP contribution in [-0.4, -0.2) is 42.6 Å². The number of hydrogen-bond acceptors (Lipinski definition) is 4. The molecule has 1 aromatic rings. The third-order valence-corrected chi connectivity index (χ3v) is 4.98. The smallest absolute Gasteiger partial charge is 0.260 e. The molecule has 0 radical (unpaired) electrons. The number of nitrogens with one attached hydrogen (secondary N) is 2. The molecule has 0 amide bonds. The Morgan fingerprint density at radius 2 is 2.28 bits per heavy atom. The quantitative estimate of drug-likeness (QED) is 0.765. The third-order valence-electron chi connectivity index (χ3n) is 3.01. The van der Waals surface area contributed by atoms with Gasteiger partial charge in [-0.05, 0) is 26.3 Å². The summed E-state index contributed by atoms with van der Waals surface area (Å²) in [5, 5.41) is 9.68. The summed E-state index contributed by atoms with van der Waals surface area (Å²) in [5.41, 5.74) is 0.694. The summed E-state index contributed by atoms with van der Waals surface area (Å²) in [6.07, 6.45) is 4.33. The Morgan fingerprint density at radius 3 is 2.83 bits per heavy atom. The topological polar surface area (TPSA) is 78.1 Å². The number of aromatic amines is 1. The van der Waals surface area contributed by atoms with Gasteiger partial charge in [-0.1, -0.05) is 6.92 Å². The van der Waals surface area contributed by atoms with Gasteiger partial charge < -0.3 is 5.32 Å². The summed E-state index contributed by atoms with van der Waals surface area (Å²) in [5.74, 6) is 0. The first-order valence-electron chi connectivity index (χ1n) is 6.30. The molecule has 2 rings (SSSR count). The molecule has 0 aliphatic heterocycles. The number of H-pyrrole nitrogens is 1. The number of nitrogens with zero attached hydrogens (tertiary/aromatic N) is 2. The largest absolute Gasteiger partial charge is 0.316 e. The maximum absolute atomic E-state index is 12.6. The second-order valence-electron chi connectivity index (χ2n) is 4.60. The maximum atomic E-state index is 12.6. The van der Waals surface area contributed by atoms with Crippen molar-refractivity contribution in [2.75, 3.05) is 13.6 Å². The van der Waals surface area contributed by atoms with Crippen LogP contribution in [0.1, 0.15) is 31.7 Å². The summed E-state index contributed by atoms with van der Waals surface area (Å²) >= 11 is 0. The SMILES string of the molecule is CCCN(C1CC1)S(=O)(=O)c1[nH]ncc1CNC. The lowest BCUT2D eigenvalue weighted by atomic mass is 10.4. The normalized spacial score (nSPS) is 16.4. The van der Waals surface area contributed by atoms with E-state index < -0.39 is 10.0 Å². The van der Waals surface area contributed by atoms with Gasteiger partial charge in [0.05, 0.1) is 6.20 Å². The van der Waals surface area contributed by atoms with E-state index in [4.69, 9.17) is 0 Å². The van der Waals surface area contributed by atoms with Gasteiger partial charge in [0.15, 0.2) is 5.03 Å². The minimum Gasteiger partial charge on any atom is -0.316 e. The fourth-order valence-electron chi connectivity index (χ4n) is 2.04. The van der Waals surface area contributed by atoms with Crippen LogP contribution >= 0.6 is 0 Å². The van der Waals surface area contributed by atoms with Gasteiger partial charge in [0.2, 0.25) is 0 Å². The van der Waals surface area contributed by atoms with Crippen LogP contribution in [-0.2, 0) is 16.6 Å². The standard InChI is InChI=1S/C11H20N4O2S/c1-3-6-15(10-4-5-10)18(16,17)11-9(7-12-2)8-13-14-11/h8,10,12H,3-7H2,1-2H3,(H,13,14). The van der Waals surface area contributed by atoms with E-state index in [2.05, 4.69) is 15.5 Å². The van der Waals surface area contributed by atoms with Gasteiger partial charge in [-0.15, -0.1) is 0 Å². The van der Waals surface area contributed by atoms with Crippen LogP contribution in [0.2, 0.25) is 0 Å². The Bertz CT molecular complexity index is 493. The molecule has 1 aliphatic rings. The molecular weight excluding hydrogens is 252 g/mol. The van der Waals surface area contributed by atoms with Crippen molar-refractivity contribution in [3.05, 3.63) is 11.8 Å². The maximum Gasteiger partial charge on any atom is 0.260 e. The summed E-state index contributed by atoms with van der Waals surface area (Å²) in [4.78, 5) is 0. The van der Waals surface area contributed by atoms with Crippen LogP contribution in [0.3, 0.4) is 0 Å². The molecule has 0 atom stereocenters. The predicted molar refractivity (Wildman–Crippen MR) is 68.6 cm³/mol. The molecule has 0 aromatic carbocycles. The molecule has 102 valence electrons. The zero-order valence-electron chi connectivity index (χ0n) is 10.8. The van der Waals surface area contributed by atoms with Gasteiger partial charge in [-0.25, -0.2) is 8.42 Å². The van der Waals surface area contributed by atoms with E-state index >= 15 is 0 Å². The molecule has 1 fully saturated rings. The van der Waals surface area contributed by atoms with Crippen molar-refractivity contribution in [1.29, 1.82) is 0 Å². The fourth-order valence-corrected chi connectivity index (χ4v) is 3.92. The van der Waals surface area contributed by atoms with Crippen molar-refractivity contribution in [3.63, 3.8) is 0 Å². The highest BCUT2D eigenvalue weighted by Gasteiger charge is 2.39. The zero-order valence-corrected chi connectivity index (χ0v) is 11.6. The molecule has 18 heavy (non-hydrogen) atoms. The van der Waals surface area contributed by atoms with Crippen molar-refractivity contribution >= 4 is 10.0 Å². The molecule has 0 spiro atoms. The highest BCUT2D eigenvalue weighted by Crippen LogP contribution is 2.32. The lowest BCUT2D eigenvalue weighted by Crippen LogP contribution is -2.34. The first-order valence-corrected chi connectivity index (χ1v) is 7.74. The van der Waals surface area contributed by atoms with Crippen molar-refractivity contribution in [1.82, 2.24) is 19.8 Å². The summed E-state index contributed by atoms with van der Waals surface area (Å²) < 4.78 is 26.8. The highest BCUT2D eigenvalue weighted by molar-refractivity contribution is 7.89. The molecule has 1 aromatic heterocycles. The van der Waals surface area contributed by atoms with Crippen LogP contribution < -0.4 is 5.32 Å². The Labute approximate surface area is 108 Å². The van der Waals surface area contributed by atoms with Gasteiger partial charge in [0.25, 0.3) is 10.0 Å². The molecule has 1 saturated carbocycles. The van der Waals surface area contributed by atoms with Crippen molar-refractivity contribution in [2.45, 2.75) is 43.8 Å². The van der Waals surface area contributed by atoms with Crippen molar-refractivity contribution < 1.29 is 8.42 Å². The van der Waals surface area contributed by atoms with Gasteiger partial charge in [-0.2, -0.15) is 9.40 Å². The van der Waals surface area contributed by atoms with E-state index in [-0.39, 0.29) is 11.1 Å². The molecule has 0 bridgehead atoms. The molecule has 0 saturated heterocycles. The highest BCUT2D eigenvalue weighted by atomic mass is 32.2. The second-order valence-corrected chi connectivity index (χ2v) is 6.43. The average molecular weight is 272 g/mol. The fraction of sp³-hybridized carbons (Fsp3) is 0.727. The van der Waals surface area contributed by atoms with E-state index in [9.17, 15) is 8.42 Å². The van der Waals surface area contributed by atoms with Crippen molar-refractivity contribution in [3.8, 4) is 0 Å². The van der Waals surface area contributed by atoms with Crippen LogP contribution in [0.4, 0.5) is 0 Å². The Kier molecular flexibility index (Phi) is 4.04. The van der Waals surface area contributed by atoms with Gasteiger partial charge in [0, 0.05) is 24.7 Å².